The molecule has 7 atom stereocenters. The molecule has 2 fully saturated rings. The largest absolute Gasteiger partial charge is 0.392 e. The summed E-state index contributed by atoms with van der Waals surface area (Å²) in [6.45, 7) is 7.32. The lowest BCUT2D eigenvalue weighted by molar-refractivity contribution is -0.144. The highest BCUT2D eigenvalue weighted by Crippen LogP contribution is 2.55. The topological polar surface area (TPSA) is 87.7 Å². The smallest absolute Gasteiger partial charge is 0.223 e. The molecule has 0 unspecified atom stereocenters. The number of aliphatic hydroxyl groups is 1. The molecule has 0 aliphatic heterocycles. The van der Waals surface area contributed by atoms with Gasteiger partial charge in [0.1, 0.15) is 0 Å². The van der Waals surface area contributed by atoms with E-state index in [9.17, 15) is 14.7 Å². The first kappa shape index (κ1) is 24.2. The number of carbonyl (C=O) groups is 2. The third-order valence-corrected chi connectivity index (χ3v) is 8.72. The van der Waals surface area contributed by atoms with E-state index in [4.69, 9.17) is 4.74 Å². The van der Waals surface area contributed by atoms with Gasteiger partial charge in [-0.3, -0.25) is 9.59 Å². The Bertz CT molecular complexity index is 740. The Morgan fingerprint density at radius 3 is 2.77 bits per heavy atom. The SMILES string of the molecule is COCCC(=O)N[C@H]1CC[C@@]2(C)CC[C@H]([C@H](C)C(=O)NCc3cccs3)[C@H](O)[C@H]2[C@H]1C. The Hall–Kier alpha value is -1.44. The summed E-state index contributed by atoms with van der Waals surface area (Å²) < 4.78 is 5.02. The molecule has 1 heterocycles. The van der Waals surface area contributed by atoms with E-state index in [1.165, 1.54) is 0 Å². The van der Waals surface area contributed by atoms with Gasteiger partial charge in [-0.15, -0.1) is 11.3 Å². The third kappa shape index (κ3) is 5.49. The van der Waals surface area contributed by atoms with Crippen molar-refractivity contribution in [3.63, 3.8) is 0 Å². The fourth-order valence-electron chi connectivity index (χ4n) is 5.91. The number of methoxy groups -OCH3 is 1. The number of amides is 2. The molecule has 0 spiro atoms. The van der Waals surface area contributed by atoms with Crippen LogP contribution < -0.4 is 10.6 Å². The van der Waals surface area contributed by atoms with Crippen LogP contribution in [0.5, 0.6) is 0 Å². The van der Waals surface area contributed by atoms with Gasteiger partial charge in [-0.1, -0.05) is 26.8 Å². The molecule has 1 aromatic heterocycles. The van der Waals surface area contributed by atoms with Crippen molar-refractivity contribution in [2.75, 3.05) is 13.7 Å². The van der Waals surface area contributed by atoms with E-state index in [2.05, 4.69) is 24.5 Å². The zero-order valence-corrected chi connectivity index (χ0v) is 20.0. The number of hydrogen-bond donors (Lipinski definition) is 3. The molecule has 174 valence electrons. The summed E-state index contributed by atoms with van der Waals surface area (Å²) >= 11 is 1.63. The summed E-state index contributed by atoms with van der Waals surface area (Å²) in [5.74, 6) is -0.0701. The van der Waals surface area contributed by atoms with E-state index < -0.39 is 6.10 Å². The first-order valence-corrected chi connectivity index (χ1v) is 12.4. The lowest BCUT2D eigenvalue weighted by atomic mass is 9.51. The predicted octanol–water partition coefficient (Wildman–Crippen LogP) is 3.35. The number of hydrogen-bond acceptors (Lipinski definition) is 5. The third-order valence-electron chi connectivity index (χ3n) is 7.84. The number of nitrogens with one attached hydrogen (secondary N) is 2. The van der Waals surface area contributed by atoms with E-state index in [1.807, 2.05) is 24.4 Å². The number of ether oxygens (including phenoxy) is 1. The fourth-order valence-corrected chi connectivity index (χ4v) is 6.56. The Morgan fingerprint density at radius 2 is 2.10 bits per heavy atom. The van der Waals surface area contributed by atoms with Gasteiger partial charge in [-0.25, -0.2) is 0 Å². The van der Waals surface area contributed by atoms with Crippen LogP contribution in [0.4, 0.5) is 0 Å². The molecule has 6 nitrogen and oxygen atoms in total. The van der Waals surface area contributed by atoms with Crippen LogP contribution in [0.3, 0.4) is 0 Å². The number of aliphatic hydroxyl groups excluding tert-OH is 1. The Labute approximate surface area is 190 Å². The maximum absolute atomic E-state index is 12.8. The average Bonchev–Trinajstić information content (AvgIpc) is 3.26. The van der Waals surface area contributed by atoms with Crippen LogP contribution in [0, 0.1) is 29.1 Å². The van der Waals surface area contributed by atoms with Crippen molar-refractivity contribution in [1.29, 1.82) is 0 Å². The van der Waals surface area contributed by atoms with E-state index in [0.29, 0.717) is 19.6 Å². The van der Waals surface area contributed by atoms with Crippen LogP contribution in [-0.2, 0) is 20.9 Å². The second kappa shape index (κ2) is 10.5. The molecule has 2 aliphatic rings. The molecule has 3 N–H and O–H groups in total. The van der Waals surface area contributed by atoms with Crippen molar-refractivity contribution in [3.05, 3.63) is 22.4 Å². The summed E-state index contributed by atoms with van der Waals surface area (Å²) in [7, 11) is 1.60. The minimum atomic E-state index is -0.546. The van der Waals surface area contributed by atoms with Crippen LogP contribution in [-0.4, -0.2) is 42.8 Å². The fraction of sp³-hybridized carbons (Fsp3) is 0.750. The average molecular weight is 451 g/mol. The van der Waals surface area contributed by atoms with Gasteiger partial charge in [0.15, 0.2) is 0 Å². The molecule has 0 bridgehead atoms. The maximum atomic E-state index is 12.8. The summed E-state index contributed by atoms with van der Waals surface area (Å²) in [4.78, 5) is 26.2. The molecule has 2 saturated carbocycles. The summed E-state index contributed by atoms with van der Waals surface area (Å²) in [6.07, 6.45) is 3.60. The molecule has 0 aromatic carbocycles. The minimum Gasteiger partial charge on any atom is -0.392 e. The zero-order chi connectivity index (χ0) is 22.6. The highest BCUT2D eigenvalue weighted by molar-refractivity contribution is 7.09. The standard InChI is InChI=1S/C24H38N2O4S/c1-15(23(29)25-14-17-6-5-13-31-17)18-7-10-24(3)11-8-19(16(2)21(24)22(18)28)26-20(27)9-12-30-4/h5-6,13,15-16,18-19,21-22,28H,7-12,14H2,1-4H3,(H,25,29)(H,26,27)/t15-,16-,18+,19-,21+,22-,24+/m0/s1. The highest BCUT2D eigenvalue weighted by atomic mass is 32.1. The molecule has 0 radical (unpaired) electrons. The predicted molar refractivity (Wildman–Crippen MR) is 122 cm³/mol. The minimum absolute atomic E-state index is 0.00507. The van der Waals surface area contributed by atoms with E-state index in [1.54, 1.807) is 18.4 Å². The van der Waals surface area contributed by atoms with Crippen molar-refractivity contribution in [1.82, 2.24) is 10.6 Å². The van der Waals surface area contributed by atoms with Crippen molar-refractivity contribution >= 4 is 23.2 Å². The zero-order valence-electron chi connectivity index (χ0n) is 19.2. The molecule has 31 heavy (non-hydrogen) atoms. The van der Waals surface area contributed by atoms with Gasteiger partial charge in [-0.05, 0) is 60.3 Å². The maximum Gasteiger partial charge on any atom is 0.223 e. The quantitative estimate of drug-likeness (QED) is 0.567. The van der Waals surface area contributed by atoms with Gasteiger partial charge in [0.05, 0.1) is 19.3 Å². The molecule has 7 heteroatoms. The van der Waals surface area contributed by atoms with E-state index in [-0.39, 0.29) is 46.9 Å². The van der Waals surface area contributed by atoms with Crippen LogP contribution in [0.25, 0.3) is 0 Å². The van der Waals surface area contributed by atoms with Gasteiger partial charge in [0.2, 0.25) is 11.8 Å². The van der Waals surface area contributed by atoms with Crippen LogP contribution >= 0.6 is 11.3 Å². The highest BCUT2D eigenvalue weighted by Gasteiger charge is 2.53. The Balaban J connectivity index is 1.64. The van der Waals surface area contributed by atoms with Crippen LogP contribution in [0.2, 0.25) is 0 Å². The molecular formula is C24H38N2O4S. The number of rotatable bonds is 8. The van der Waals surface area contributed by atoms with Crippen LogP contribution in [0.15, 0.2) is 17.5 Å². The lowest BCUT2D eigenvalue weighted by Crippen LogP contribution is -2.58. The molecular weight excluding hydrogens is 412 g/mol. The van der Waals surface area contributed by atoms with Gasteiger partial charge >= 0.3 is 0 Å². The lowest BCUT2D eigenvalue weighted by Gasteiger charge is -2.56. The van der Waals surface area contributed by atoms with Crippen molar-refractivity contribution < 1.29 is 19.4 Å². The normalized spacial score (nSPS) is 33.9. The second-order valence-corrected chi connectivity index (χ2v) is 10.8. The molecule has 2 amide bonds. The second-order valence-electron chi connectivity index (χ2n) is 9.77. The molecule has 2 aliphatic carbocycles. The summed E-state index contributed by atoms with van der Waals surface area (Å²) in [5.41, 5.74) is 0.0518. The molecule has 3 rings (SSSR count). The molecule has 0 saturated heterocycles. The molecule has 1 aromatic rings. The van der Waals surface area contributed by atoms with Gasteiger partial charge in [0, 0.05) is 30.4 Å². The Kier molecular flexibility index (Phi) is 8.16. The first-order chi connectivity index (χ1) is 14.8. The Morgan fingerprint density at radius 1 is 1.35 bits per heavy atom. The van der Waals surface area contributed by atoms with E-state index in [0.717, 1.165) is 30.6 Å². The van der Waals surface area contributed by atoms with E-state index >= 15 is 0 Å². The van der Waals surface area contributed by atoms with Crippen molar-refractivity contribution in [2.45, 2.75) is 71.6 Å². The number of thiophene rings is 1. The van der Waals surface area contributed by atoms with Gasteiger partial charge in [-0.2, -0.15) is 0 Å². The summed E-state index contributed by atoms with van der Waals surface area (Å²) in [6, 6.07) is 4.05. The van der Waals surface area contributed by atoms with Crippen LogP contribution in [0.1, 0.15) is 57.8 Å². The van der Waals surface area contributed by atoms with Gasteiger partial charge in [0.25, 0.3) is 0 Å². The van der Waals surface area contributed by atoms with Crippen molar-refractivity contribution in [2.24, 2.45) is 29.1 Å². The summed E-state index contributed by atoms with van der Waals surface area (Å²) in [5, 5.41) is 19.7. The van der Waals surface area contributed by atoms with Gasteiger partial charge < -0.3 is 20.5 Å². The first-order valence-electron chi connectivity index (χ1n) is 11.5. The van der Waals surface area contributed by atoms with Crippen molar-refractivity contribution in [3.8, 4) is 0 Å². The monoisotopic (exact) mass is 450 g/mol. The number of fused-ring (bicyclic) bond motifs is 1. The number of carbonyl (C=O) groups excluding carboxylic acids is 2.